The molecule has 2 aromatic carbocycles. The molecule has 0 atom stereocenters. The van der Waals surface area contributed by atoms with Crippen LogP contribution in [-0.2, 0) is 11.3 Å². The summed E-state index contributed by atoms with van der Waals surface area (Å²) in [4.78, 5) is 23.3. The van der Waals surface area contributed by atoms with Crippen molar-refractivity contribution in [3.63, 3.8) is 0 Å². The van der Waals surface area contributed by atoms with Gasteiger partial charge in [-0.15, -0.1) is 10.2 Å². The molecule has 0 unspecified atom stereocenters. The maximum atomic E-state index is 12.1. The first-order chi connectivity index (χ1) is 14.5. The number of aromatic carboxylic acids is 1. The number of carboxylic acid groups (broad SMARTS) is 1. The molecule has 2 N–H and O–H groups in total. The maximum Gasteiger partial charge on any atom is 0.336 e. The van der Waals surface area contributed by atoms with E-state index in [1.54, 1.807) is 30.3 Å². The molecule has 8 nitrogen and oxygen atoms in total. The van der Waals surface area contributed by atoms with E-state index in [1.807, 2.05) is 23.6 Å². The van der Waals surface area contributed by atoms with E-state index >= 15 is 0 Å². The number of carbonyl (C=O) groups is 2. The molecular formula is C20H18ClN5O3S. The SMILES string of the molecule is CCn1c(SCC(=O)NN=Cc2ccccc2C(=O)O)nnc1-c1ccc(Cl)cc1. The van der Waals surface area contributed by atoms with Gasteiger partial charge in [0.05, 0.1) is 17.5 Å². The van der Waals surface area contributed by atoms with E-state index in [0.29, 0.717) is 28.1 Å². The Morgan fingerprint density at radius 2 is 1.93 bits per heavy atom. The van der Waals surface area contributed by atoms with Crippen molar-refractivity contribution in [3.05, 3.63) is 64.7 Å². The fraction of sp³-hybridized carbons (Fsp3) is 0.150. The summed E-state index contributed by atoms with van der Waals surface area (Å²) in [6.07, 6.45) is 1.30. The van der Waals surface area contributed by atoms with Crippen molar-refractivity contribution in [2.45, 2.75) is 18.6 Å². The number of nitrogens with zero attached hydrogens (tertiary/aromatic N) is 4. The highest BCUT2D eigenvalue weighted by atomic mass is 35.5. The molecular weight excluding hydrogens is 426 g/mol. The molecule has 1 aromatic heterocycles. The molecule has 154 valence electrons. The van der Waals surface area contributed by atoms with E-state index in [0.717, 1.165) is 5.56 Å². The van der Waals surface area contributed by atoms with Crippen LogP contribution < -0.4 is 5.43 Å². The Morgan fingerprint density at radius 3 is 2.63 bits per heavy atom. The molecule has 0 aliphatic heterocycles. The lowest BCUT2D eigenvalue weighted by Gasteiger charge is -2.07. The highest BCUT2D eigenvalue weighted by Gasteiger charge is 2.14. The van der Waals surface area contributed by atoms with Crippen LogP contribution in [0.4, 0.5) is 0 Å². The molecule has 3 rings (SSSR count). The second-order valence-electron chi connectivity index (χ2n) is 6.03. The minimum atomic E-state index is -1.06. The van der Waals surface area contributed by atoms with E-state index in [4.69, 9.17) is 16.7 Å². The normalized spacial score (nSPS) is 11.0. The molecule has 0 bridgehead atoms. The number of aromatic nitrogens is 3. The number of carbonyl (C=O) groups excluding carboxylic acids is 1. The Labute approximate surface area is 182 Å². The van der Waals surface area contributed by atoms with Gasteiger partial charge in [0.1, 0.15) is 0 Å². The van der Waals surface area contributed by atoms with Crippen LogP contribution in [0.15, 0.2) is 58.8 Å². The molecule has 0 aliphatic carbocycles. The summed E-state index contributed by atoms with van der Waals surface area (Å²) in [6, 6.07) is 13.7. The van der Waals surface area contributed by atoms with Crippen molar-refractivity contribution >= 4 is 41.5 Å². The van der Waals surface area contributed by atoms with Crippen molar-refractivity contribution in [1.82, 2.24) is 20.2 Å². The van der Waals surface area contributed by atoms with Crippen molar-refractivity contribution in [2.75, 3.05) is 5.75 Å². The van der Waals surface area contributed by atoms with Crippen LogP contribution in [0.5, 0.6) is 0 Å². The third-order valence-electron chi connectivity index (χ3n) is 4.05. The molecule has 0 spiro atoms. The van der Waals surface area contributed by atoms with Gasteiger partial charge in [0.25, 0.3) is 5.91 Å². The van der Waals surface area contributed by atoms with Crippen LogP contribution in [0.3, 0.4) is 0 Å². The van der Waals surface area contributed by atoms with Gasteiger partial charge >= 0.3 is 5.97 Å². The molecule has 0 saturated heterocycles. The summed E-state index contributed by atoms with van der Waals surface area (Å²) in [5.74, 6) is -0.631. The second kappa shape index (κ2) is 10.0. The van der Waals surface area contributed by atoms with Crippen molar-refractivity contribution in [2.24, 2.45) is 5.10 Å². The number of benzene rings is 2. The number of hydrogen-bond donors (Lipinski definition) is 2. The third kappa shape index (κ3) is 5.25. The van der Waals surface area contributed by atoms with Gasteiger partial charge in [0.2, 0.25) is 0 Å². The lowest BCUT2D eigenvalue weighted by molar-refractivity contribution is -0.118. The quantitative estimate of drug-likeness (QED) is 0.313. The maximum absolute atomic E-state index is 12.1. The Morgan fingerprint density at radius 1 is 1.20 bits per heavy atom. The highest BCUT2D eigenvalue weighted by Crippen LogP contribution is 2.25. The average Bonchev–Trinajstić information content (AvgIpc) is 3.16. The first-order valence-electron chi connectivity index (χ1n) is 8.95. The largest absolute Gasteiger partial charge is 0.478 e. The first kappa shape index (κ1) is 21.5. The summed E-state index contributed by atoms with van der Waals surface area (Å²) in [6.45, 7) is 2.61. The summed E-state index contributed by atoms with van der Waals surface area (Å²) in [5.41, 5.74) is 3.78. The summed E-state index contributed by atoms with van der Waals surface area (Å²) in [5, 5.41) is 22.6. The number of halogens is 1. The highest BCUT2D eigenvalue weighted by molar-refractivity contribution is 7.99. The number of hydrogen-bond acceptors (Lipinski definition) is 6. The van der Waals surface area contributed by atoms with Gasteiger partial charge in [-0.2, -0.15) is 5.10 Å². The molecule has 10 heteroatoms. The lowest BCUT2D eigenvalue weighted by Crippen LogP contribution is -2.20. The topological polar surface area (TPSA) is 109 Å². The van der Waals surface area contributed by atoms with Crippen LogP contribution in [-0.4, -0.2) is 43.7 Å². The second-order valence-corrected chi connectivity index (χ2v) is 7.41. The molecule has 30 heavy (non-hydrogen) atoms. The zero-order chi connectivity index (χ0) is 21.5. The van der Waals surface area contributed by atoms with Crippen molar-refractivity contribution in [3.8, 4) is 11.4 Å². The molecule has 1 amide bonds. The van der Waals surface area contributed by atoms with Crippen LogP contribution in [0.2, 0.25) is 5.02 Å². The molecule has 0 radical (unpaired) electrons. The standard InChI is InChI=1S/C20H18ClN5O3S/c1-2-26-18(13-7-9-15(21)10-8-13)24-25-20(26)30-12-17(27)23-22-11-14-5-3-4-6-16(14)19(28)29/h3-11H,2,12H2,1H3,(H,23,27)(H,28,29). The fourth-order valence-electron chi connectivity index (χ4n) is 2.63. The van der Waals surface area contributed by atoms with Gasteiger partial charge in [-0.3, -0.25) is 4.79 Å². The van der Waals surface area contributed by atoms with Gasteiger partial charge in [-0.05, 0) is 37.3 Å². The van der Waals surface area contributed by atoms with Gasteiger partial charge < -0.3 is 9.67 Å². The smallest absolute Gasteiger partial charge is 0.336 e. The zero-order valence-corrected chi connectivity index (χ0v) is 17.5. The van der Waals surface area contributed by atoms with Crippen LogP contribution in [0.1, 0.15) is 22.8 Å². The van der Waals surface area contributed by atoms with E-state index in [9.17, 15) is 9.59 Å². The van der Waals surface area contributed by atoms with E-state index in [-0.39, 0.29) is 17.2 Å². The zero-order valence-electron chi connectivity index (χ0n) is 15.9. The van der Waals surface area contributed by atoms with Gasteiger partial charge in [0, 0.05) is 22.7 Å². The number of amides is 1. The predicted octanol–water partition coefficient (Wildman–Crippen LogP) is 3.56. The van der Waals surface area contributed by atoms with Gasteiger partial charge in [0.15, 0.2) is 11.0 Å². The first-order valence-corrected chi connectivity index (χ1v) is 10.3. The van der Waals surface area contributed by atoms with Crippen molar-refractivity contribution in [1.29, 1.82) is 0 Å². The number of rotatable bonds is 8. The van der Waals surface area contributed by atoms with E-state index in [2.05, 4.69) is 20.7 Å². The molecule has 0 saturated carbocycles. The molecule has 0 aliphatic rings. The minimum absolute atomic E-state index is 0.0800. The fourth-order valence-corrected chi connectivity index (χ4v) is 3.55. The number of nitrogens with one attached hydrogen (secondary N) is 1. The van der Waals surface area contributed by atoms with Crippen LogP contribution >= 0.6 is 23.4 Å². The summed E-state index contributed by atoms with van der Waals surface area (Å²) >= 11 is 7.17. The van der Waals surface area contributed by atoms with E-state index in [1.165, 1.54) is 24.0 Å². The minimum Gasteiger partial charge on any atom is -0.478 e. The monoisotopic (exact) mass is 443 g/mol. The third-order valence-corrected chi connectivity index (χ3v) is 5.27. The number of hydrazone groups is 1. The van der Waals surface area contributed by atoms with Gasteiger partial charge in [-0.25, -0.2) is 10.2 Å². The Hall–Kier alpha value is -3.17. The van der Waals surface area contributed by atoms with Crippen LogP contribution in [0.25, 0.3) is 11.4 Å². The molecule has 1 heterocycles. The van der Waals surface area contributed by atoms with Gasteiger partial charge in [-0.1, -0.05) is 41.6 Å². The number of thioether (sulfide) groups is 1. The van der Waals surface area contributed by atoms with E-state index < -0.39 is 5.97 Å². The Kier molecular flexibility index (Phi) is 7.21. The van der Waals surface area contributed by atoms with Crippen molar-refractivity contribution < 1.29 is 14.7 Å². The number of carboxylic acids is 1. The average molecular weight is 444 g/mol. The lowest BCUT2D eigenvalue weighted by atomic mass is 10.1. The summed E-state index contributed by atoms with van der Waals surface area (Å²) < 4.78 is 1.91. The Bertz CT molecular complexity index is 1080. The summed E-state index contributed by atoms with van der Waals surface area (Å²) in [7, 11) is 0. The Balaban J connectivity index is 1.61. The molecule has 0 fully saturated rings. The molecule has 3 aromatic rings. The van der Waals surface area contributed by atoms with Crippen LogP contribution in [0, 0.1) is 0 Å². The predicted molar refractivity (Wildman–Crippen MR) is 116 cm³/mol.